The second-order valence-electron chi connectivity index (χ2n) is 8.77. The Morgan fingerprint density at radius 2 is 0.938 bits per heavy atom. The summed E-state index contributed by atoms with van der Waals surface area (Å²) in [6.07, 6.45) is 3.57. The lowest BCUT2D eigenvalue weighted by atomic mass is 9.85. The van der Waals surface area contributed by atoms with Crippen LogP contribution in [-0.2, 0) is 0 Å². The van der Waals surface area contributed by atoms with Crippen LogP contribution in [0.3, 0.4) is 0 Å². The Kier molecular flexibility index (Phi) is 4.84. The van der Waals surface area contributed by atoms with Gasteiger partial charge in [0.25, 0.3) is 23.6 Å². The monoisotopic (exact) mass is 466 g/mol. The van der Waals surface area contributed by atoms with Crippen LogP contribution in [0.25, 0.3) is 10.8 Å². The smallest absolute Gasteiger partial charge is 0.261 e. The lowest BCUT2D eigenvalue weighted by Crippen LogP contribution is -2.51. The number of carbonyl (C=O) groups excluding carboxylic acids is 4. The first kappa shape index (κ1) is 20.3. The molecular weight excluding hydrogens is 444 g/mol. The van der Waals surface area contributed by atoms with E-state index in [1.54, 1.807) is 47.8 Å². The van der Waals surface area contributed by atoms with E-state index in [1.807, 2.05) is 0 Å². The van der Waals surface area contributed by atoms with Crippen molar-refractivity contribution in [3.05, 3.63) is 46.5 Å². The van der Waals surface area contributed by atoms with E-state index in [4.69, 9.17) is 0 Å². The minimum Gasteiger partial charge on any atom is -0.270 e. The third-order valence-electron chi connectivity index (χ3n) is 6.96. The largest absolute Gasteiger partial charge is 0.270 e. The fourth-order valence-corrected chi connectivity index (χ4v) is 7.68. The summed E-state index contributed by atoms with van der Waals surface area (Å²) >= 11 is 3.53. The van der Waals surface area contributed by atoms with Crippen LogP contribution in [-0.4, -0.2) is 68.5 Å². The number of rotatable bonds is 2. The Morgan fingerprint density at radius 3 is 1.22 bits per heavy atom. The maximum absolute atomic E-state index is 13.4. The van der Waals surface area contributed by atoms with Crippen molar-refractivity contribution < 1.29 is 19.2 Å². The highest BCUT2D eigenvalue weighted by molar-refractivity contribution is 7.99. The predicted octanol–water partition coefficient (Wildman–Crippen LogP) is 3.82. The average Bonchev–Trinajstić information content (AvgIpc) is 2.83. The molecule has 0 N–H and O–H groups in total. The molecule has 6 nitrogen and oxygen atoms in total. The van der Waals surface area contributed by atoms with Crippen LogP contribution in [0.2, 0.25) is 0 Å². The molecule has 2 saturated heterocycles. The number of amides is 4. The van der Waals surface area contributed by atoms with Gasteiger partial charge in [0.05, 0.1) is 0 Å². The highest BCUT2D eigenvalue weighted by Gasteiger charge is 2.43. The molecule has 164 valence electrons. The first-order valence-electron chi connectivity index (χ1n) is 11.1. The summed E-state index contributed by atoms with van der Waals surface area (Å²) in [6, 6.07) is 6.45. The summed E-state index contributed by atoms with van der Waals surface area (Å²) in [7, 11) is 0. The zero-order chi connectivity index (χ0) is 22.0. The van der Waals surface area contributed by atoms with Crippen molar-refractivity contribution in [3.8, 4) is 0 Å². The van der Waals surface area contributed by atoms with Gasteiger partial charge in [-0.15, -0.1) is 0 Å². The molecule has 2 fully saturated rings. The van der Waals surface area contributed by atoms with Crippen LogP contribution in [0, 0.1) is 0 Å². The van der Waals surface area contributed by atoms with Crippen molar-refractivity contribution >= 4 is 57.9 Å². The Morgan fingerprint density at radius 1 is 0.594 bits per heavy atom. The molecule has 0 spiro atoms. The quantitative estimate of drug-likeness (QED) is 0.627. The van der Waals surface area contributed by atoms with Gasteiger partial charge in [-0.25, -0.2) is 0 Å². The molecular formula is C24H22N2O4S2. The van der Waals surface area contributed by atoms with Crippen LogP contribution >= 0.6 is 23.5 Å². The molecule has 4 aliphatic heterocycles. The average molecular weight is 467 g/mol. The number of imide groups is 2. The molecule has 8 heteroatoms. The summed E-state index contributed by atoms with van der Waals surface area (Å²) in [5.74, 6) is 2.33. The first-order valence-corrected chi connectivity index (χ1v) is 13.4. The molecule has 6 rings (SSSR count). The second kappa shape index (κ2) is 7.63. The fourth-order valence-electron chi connectivity index (χ4n) is 5.43. The Bertz CT molecular complexity index is 1030. The third-order valence-corrected chi connectivity index (χ3v) is 9.36. The van der Waals surface area contributed by atoms with Gasteiger partial charge >= 0.3 is 0 Å². The van der Waals surface area contributed by atoms with E-state index in [-0.39, 0.29) is 35.7 Å². The SMILES string of the molecule is O=C1c2ccc3c4c(ccc(c24)C(=O)N1C1CCCSC1)C(=O)N(C1CCCSC1)C3=O. The van der Waals surface area contributed by atoms with E-state index < -0.39 is 0 Å². The lowest BCUT2D eigenvalue weighted by Gasteiger charge is -2.38. The maximum atomic E-state index is 13.4. The van der Waals surface area contributed by atoms with Crippen LogP contribution < -0.4 is 0 Å². The number of hydrogen-bond acceptors (Lipinski definition) is 6. The Labute approximate surface area is 194 Å². The van der Waals surface area contributed by atoms with Gasteiger partial charge in [0, 0.05) is 56.6 Å². The molecule has 2 unspecified atom stereocenters. The van der Waals surface area contributed by atoms with Crippen LogP contribution in [0.15, 0.2) is 24.3 Å². The zero-order valence-corrected chi connectivity index (χ0v) is 19.1. The van der Waals surface area contributed by atoms with Gasteiger partial charge in [-0.1, -0.05) is 0 Å². The third kappa shape index (κ3) is 2.81. The molecule has 4 aliphatic rings. The van der Waals surface area contributed by atoms with Gasteiger partial charge in [0.15, 0.2) is 0 Å². The first-order chi connectivity index (χ1) is 15.6. The number of nitrogens with zero attached hydrogens (tertiary/aromatic N) is 2. The van der Waals surface area contributed by atoms with E-state index in [9.17, 15) is 19.2 Å². The summed E-state index contributed by atoms with van der Waals surface area (Å²) in [5.41, 5.74) is 1.66. The van der Waals surface area contributed by atoms with Crippen molar-refractivity contribution in [1.82, 2.24) is 9.80 Å². The molecule has 2 aromatic rings. The topological polar surface area (TPSA) is 74.8 Å². The van der Waals surface area contributed by atoms with E-state index in [2.05, 4.69) is 0 Å². The van der Waals surface area contributed by atoms with Crippen LogP contribution in [0.4, 0.5) is 0 Å². The second-order valence-corrected chi connectivity index (χ2v) is 11.1. The van der Waals surface area contributed by atoms with Gasteiger partial charge in [-0.2, -0.15) is 23.5 Å². The molecule has 0 aromatic heterocycles. The normalized spacial score (nSPS) is 25.6. The fraction of sp³-hybridized carbons (Fsp3) is 0.417. The summed E-state index contributed by atoms with van der Waals surface area (Å²) in [6.45, 7) is 0. The van der Waals surface area contributed by atoms with Crippen molar-refractivity contribution in [2.75, 3.05) is 23.0 Å². The molecule has 0 saturated carbocycles. The Hall–Kier alpha value is -2.32. The summed E-state index contributed by atoms with van der Waals surface area (Å²) in [5, 5.41) is 0.933. The molecule has 2 atom stereocenters. The van der Waals surface area contributed by atoms with Crippen molar-refractivity contribution in [3.63, 3.8) is 0 Å². The molecule has 0 aliphatic carbocycles. The molecule has 4 heterocycles. The standard InChI is InChI=1S/C24H22N2O4S2/c27-21-15-5-7-17-20-18(24(30)26(23(17)29)14-4-2-10-32-12-14)8-6-16(19(15)20)22(28)25(21)13-3-1-9-31-11-13/h5-8,13-14H,1-4,9-12H2. The molecule has 0 radical (unpaired) electrons. The van der Waals surface area contributed by atoms with Crippen molar-refractivity contribution in [2.24, 2.45) is 0 Å². The van der Waals surface area contributed by atoms with Gasteiger partial charge in [-0.3, -0.25) is 29.0 Å². The highest BCUT2D eigenvalue weighted by Crippen LogP contribution is 2.40. The molecule has 0 bridgehead atoms. The number of hydrogen-bond donors (Lipinski definition) is 0. The van der Waals surface area contributed by atoms with Crippen LogP contribution in [0.5, 0.6) is 0 Å². The van der Waals surface area contributed by atoms with Gasteiger partial charge < -0.3 is 0 Å². The van der Waals surface area contributed by atoms with E-state index in [0.717, 1.165) is 48.7 Å². The lowest BCUT2D eigenvalue weighted by molar-refractivity contribution is 0.0523. The minimum atomic E-state index is -0.315. The molecule has 4 amide bonds. The number of benzene rings is 2. The van der Waals surface area contributed by atoms with Gasteiger partial charge in [0.2, 0.25) is 0 Å². The maximum Gasteiger partial charge on any atom is 0.261 e. The summed E-state index contributed by atoms with van der Waals surface area (Å²) < 4.78 is 0. The molecule has 2 aromatic carbocycles. The predicted molar refractivity (Wildman–Crippen MR) is 126 cm³/mol. The van der Waals surface area contributed by atoms with E-state index in [1.165, 1.54) is 9.80 Å². The van der Waals surface area contributed by atoms with E-state index >= 15 is 0 Å². The highest BCUT2D eigenvalue weighted by atomic mass is 32.2. The van der Waals surface area contributed by atoms with Crippen LogP contribution in [0.1, 0.15) is 67.1 Å². The molecule has 32 heavy (non-hydrogen) atoms. The zero-order valence-electron chi connectivity index (χ0n) is 17.5. The Balaban J connectivity index is 1.49. The number of thioether (sulfide) groups is 2. The van der Waals surface area contributed by atoms with Crippen molar-refractivity contribution in [2.45, 2.75) is 37.8 Å². The van der Waals surface area contributed by atoms with Gasteiger partial charge in [0.1, 0.15) is 0 Å². The van der Waals surface area contributed by atoms with Crippen molar-refractivity contribution in [1.29, 1.82) is 0 Å². The van der Waals surface area contributed by atoms with E-state index in [0.29, 0.717) is 33.0 Å². The van der Waals surface area contributed by atoms with Gasteiger partial charge in [-0.05, 0) is 61.5 Å². The summed E-state index contributed by atoms with van der Waals surface area (Å²) in [4.78, 5) is 56.5. The number of carbonyl (C=O) groups is 4. The minimum absolute atomic E-state index is 0.119.